The molecule has 1 aromatic heterocycles. The maximum Gasteiger partial charge on any atom is 0.257 e. The number of piperidine rings is 1. The maximum absolute atomic E-state index is 12.5. The van der Waals surface area contributed by atoms with Crippen molar-refractivity contribution in [2.45, 2.75) is 45.2 Å². The topological polar surface area (TPSA) is 72.1 Å². The van der Waals surface area contributed by atoms with E-state index in [9.17, 15) is 4.79 Å². The van der Waals surface area contributed by atoms with Gasteiger partial charge in [-0.2, -0.15) is 0 Å². The number of hydrogen-bond donors (Lipinski definition) is 1. The summed E-state index contributed by atoms with van der Waals surface area (Å²) in [6.07, 6.45) is 6.22. The number of amides is 1. The Balaban J connectivity index is 2.24. The Bertz CT molecular complexity index is 433. The molecular weight excluding hydrogens is 228 g/mol. The quantitative estimate of drug-likeness (QED) is 0.851. The largest absolute Gasteiger partial charge is 0.334 e. The number of nitrogens with two attached hydrogens (primary N) is 1. The van der Waals surface area contributed by atoms with Crippen LogP contribution < -0.4 is 5.73 Å². The van der Waals surface area contributed by atoms with E-state index in [1.165, 1.54) is 6.33 Å². The molecule has 5 nitrogen and oxygen atoms in total. The van der Waals surface area contributed by atoms with Crippen LogP contribution in [0, 0.1) is 6.92 Å². The van der Waals surface area contributed by atoms with E-state index in [2.05, 4.69) is 9.97 Å². The monoisotopic (exact) mass is 248 g/mol. The Kier molecular flexibility index (Phi) is 3.91. The summed E-state index contributed by atoms with van der Waals surface area (Å²) in [5.74, 6) is 0.00935. The van der Waals surface area contributed by atoms with E-state index in [1.807, 2.05) is 18.7 Å². The van der Waals surface area contributed by atoms with Crippen LogP contribution in [0.5, 0.6) is 0 Å². The molecule has 0 saturated carbocycles. The summed E-state index contributed by atoms with van der Waals surface area (Å²) in [6.45, 7) is 4.57. The molecule has 0 aliphatic carbocycles. The van der Waals surface area contributed by atoms with Gasteiger partial charge in [0.05, 0.1) is 11.3 Å². The Hall–Kier alpha value is -1.49. The average molecular weight is 248 g/mol. The van der Waals surface area contributed by atoms with Crippen LogP contribution in [0.15, 0.2) is 12.5 Å². The summed E-state index contributed by atoms with van der Waals surface area (Å²) < 4.78 is 0. The maximum atomic E-state index is 12.5. The van der Waals surface area contributed by atoms with Crippen LogP contribution in [0.25, 0.3) is 0 Å². The van der Waals surface area contributed by atoms with Gasteiger partial charge >= 0.3 is 0 Å². The number of nitrogens with zero attached hydrogens (tertiary/aromatic N) is 3. The van der Waals surface area contributed by atoms with Gasteiger partial charge in [-0.3, -0.25) is 4.79 Å². The van der Waals surface area contributed by atoms with Crippen LogP contribution in [-0.4, -0.2) is 39.4 Å². The van der Waals surface area contributed by atoms with Crippen molar-refractivity contribution in [3.8, 4) is 0 Å². The van der Waals surface area contributed by atoms with E-state index in [-0.39, 0.29) is 18.0 Å². The van der Waals surface area contributed by atoms with Gasteiger partial charge in [-0.1, -0.05) is 0 Å². The standard InChI is InChI=1S/C13H20N4O/c1-9(14)12-5-3-4-6-17(12)13(18)11-7-15-8-16-10(11)2/h7-9,12H,3-6,14H2,1-2H3. The van der Waals surface area contributed by atoms with Crippen LogP contribution >= 0.6 is 0 Å². The molecule has 18 heavy (non-hydrogen) atoms. The van der Waals surface area contributed by atoms with E-state index in [0.29, 0.717) is 5.56 Å². The Labute approximate surface area is 107 Å². The van der Waals surface area contributed by atoms with Gasteiger partial charge in [0, 0.05) is 24.8 Å². The molecule has 2 heterocycles. The second kappa shape index (κ2) is 5.44. The fourth-order valence-corrected chi connectivity index (χ4v) is 2.51. The van der Waals surface area contributed by atoms with E-state index in [4.69, 9.17) is 5.73 Å². The van der Waals surface area contributed by atoms with Crippen LogP contribution in [0.4, 0.5) is 0 Å². The lowest BCUT2D eigenvalue weighted by molar-refractivity contribution is 0.0582. The number of rotatable bonds is 2. The van der Waals surface area contributed by atoms with Crippen LogP contribution in [0.3, 0.4) is 0 Å². The molecule has 1 amide bonds. The highest BCUT2D eigenvalue weighted by Gasteiger charge is 2.30. The Morgan fingerprint density at radius 2 is 2.33 bits per heavy atom. The van der Waals surface area contributed by atoms with Gasteiger partial charge in [-0.25, -0.2) is 9.97 Å². The van der Waals surface area contributed by atoms with Crippen molar-refractivity contribution in [3.05, 3.63) is 23.8 Å². The van der Waals surface area contributed by atoms with E-state index >= 15 is 0 Å². The van der Waals surface area contributed by atoms with Gasteiger partial charge in [0.2, 0.25) is 0 Å². The summed E-state index contributed by atoms with van der Waals surface area (Å²) in [5.41, 5.74) is 7.30. The fraction of sp³-hybridized carbons (Fsp3) is 0.615. The zero-order valence-corrected chi connectivity index (χ0v) is 11.0. The van der Waals surface area contributed by atoms with Gasteiger partial charge in [0.15, 0.2) is 0 Å². The molecular formula is C13H20N4O. The Morgan fingerprint density at radius 3 is 3.00 bits per heavy atom. The zero-order valence-electron chi connectivity index (χ0n) is 11.0. The van der Waals surface area contributed by atoms with E-state index < -0.39 is 0 Å². The minimum Gasteiger partial charge on any atom is -0.334 e. The van der Waals surface area contributed by atoms with Crippen molar-refractivity contribution >= 4 is 5.91 Å². The van der Waals surface area contributed by atoms with Crippen LogP contribution in [0.2, 0.25) is 0 Å². The van der Waals surface area contributed by atoms with Gasteiger partial charge in [0.1, 0.15) is 6.33 Å². The molecule has 2 atom stereocenters. The molecule has 2 N–H and O–H groups in total. The third-order valence-corrected chi connectivity index (χ3v) is 3.56. The van der Waals surface area contributed by atoms with Crippen LogP contribution in [0.1, 0.15) is 42.2 Å². The molecule has 0 bridgehead atoms. The highest BCUT2D eigenvalue weighted by molar-refractivity contribution is 5.95. The normalized spacial score (nSPS) is 21.7. The van der Waals surface area contributed by atoms with Crippen LogP contribution in [-0.2, 0) is 0 Å². The number of hydrogen-bond acceptors (Lipinski definition) is 4. The summed E-state index contributed by atoms with van der Waals surface area (Å²) in [4.78, 5) is 22.4. The molecule has 1 aliphatic rings. The Morgan fingerprint density at radius 1 is 1.56 bits per heavy atom. The zero-order chi connectivity index (χ0) is 13.1. The highest BCUT2D eigenvalue weighted by atomic mass is 16.2. The lowest BCUT2D eigenvalue weighted by Gasteiger charge is -2.38. The summed E-state index contributed by atoms with van der Waals surface area (Å²) in [7, 11) is 0. The SMILES string of the molecule is Cc1ncncc1C(=O)N1CCCCC1C(C)N. The molecule has 1 aromatic rings. The van der Waals surface area contributed by atoms with Crippen molar-refractivity contribution in [3.63, 3.8) is 0 Å². The number of aryl methyl sites for hydroxylation is 1. The fourth-order valence-electron chi connectivity index (χ4n) is 2.51. The smallest absolute Gasteiger partial charge is 0.257 e. The first-order valence-corrected chi connectivity index (χ1v) is 6.44. The lowest BCUT2D eigenvalue weighted by atomic mass is 9.96. The molecule has 2 rings (SSSR count). The predicted octanol–water partition coefficient (Wildman–Crippen LogP) is 1.13. The van der Waals surface area contributed by atoms with Gasteiger partial charge in [0.25, 0.3) is 5.91 Å². The van der Waals surface area contributed by atoms with Gasteiger partial charge < -0.3 is 10.6 Å². The molecule has 5 heteroatoms. The van der Waals surface area contributed by atoms with Crippen molar-refractivity contribution in [1.29, 1.82) is 0 Å². The first-order valence-electron chi connectivity index (χ1n) is 6.44. The molecule has 2 unspecified atom stereocenters. The minimum absolute atomic E-state index is 0.000753. The number of likely N-dealkylation sites (tertiary alicyclic amines) is 1. The summed E-state index contributed by atoms with van der Waals surface area (Å²) >= 11 is 0. The number of carbonyl (C=O) groups is 1. The minimum atomic E-state index is -0.000753. The molecule has 1 fully saturated rings. The van der Waals surface area contributed by atoms with Crippen molar-refractivity contribution in [2.75, 3.05) is 6.54 Å². The third-order valence-electron chi connectivity index (χ3n) is 3.56. The van der Waals surface area contributed by atoms with Crippen molar-refractivity contribution in [2.24, 2.45) is 5.73 Å². The highest BCUT2D eigenvalue weighted by Crippen LogP contribution is 2.21. The predicted molar refractivity (Wildman–Crippen MR) is 69.1 cm³/mol. The average Bonchev–Trinajstić information content (AvgIpc) is 2.38. The second-order valence-electron chi connectivity index (χ2n) is 4.94. The summed E-state index contributed by atoms with van der Waals surface area (Å²) in [5, 5.41) is 0. The molecule has 98 valence electrons. The van der Waals surface area contributed by atoms with E-state index in [1.54, 1.807) is 6.20 Å². The third kappa shape index (κ3) is 2.51. The van der Waals surface area contributed by atoms with E-state index in [0.717, 1.165) is 31.5 Å². The van der Waals surface area contributed by atoms with Crippen molar-refractivity contribution < 1.29 is 4.79 Å². The molecule has 1 aliphatic heterocycles. The molecule has 0 radical (unpaired) electrons. The number of aromatic nitrogens is 2. The number of carbonyl (C=O) groups excluding carboxylic acids is 1. The second-order valence-corrected chi connectivity index (χ2v) is 4.94. The van der Waals surface area contributed by atoms with Gasteiger partial charge in [-0.15, -0.1) is 0 Å². The molecule has 0 aromatic carbocycles. The first-order chi connectivity index (χ1) is 8.61. The van der Waals surface area contributed by atoms with Gasteiger partial charge in [-0.05, 0) is 33.1 Å². The first kappa shape index (κ1) is 13.0. The van der Waals surface area contributed by atoms with Crippen molar-refractivity contribution in [1.82, 2.24) is 14.9 Å². The molecule has 0 spiro atoms. The summed E-state index contributed by atoms with van der Waals surface area (Å²) in [6, 6.07) is 0.130. The lowest BCUT2D eigenvalue weighted by Crippen LogP contribution is -2.51. The molecule has 1 saturated heterocycles.